The molecule has 0 aromatic heterocycles. The summed E-state index contributed by atoms with van der Waals surface area (Å²) < 4.78 is 0. The normalized spacial score (nSPS) is 18.3. The molecule has 1 amide bonds. The van der Waals surface area contributed by atoms with Crippen LogP contribution in [0.5, 0.6) is 5.75 Å². The quantitative estimate of drug-likeness (QED) is 0.458. The summed E-state index contributed by atoms with van der Waals surface area (Å²) in [6.07, 6.45) is 2.79. The van der Waals surface area contributed by atoms with Crippen molar-refractivity contribution in [3.8, 4) is 5.75 Å². The van der Waals surface area contributed by atoms with E-state index in [1.807, 2.05) is 54.3 Å². The zero-order valence-corrected chi connectivity index (χ0v) is 22.8. The average molecular weight is 479 g/mol. The Morgan fingerprint density at radius 2 is 1.56 bits per heavy atom. The highest BCUT2D eigenvalue weighted by molar-refractivity contribution is 8.18. The van der Waals surface area contributed by atoms with E-state index in [1.165, 1.54) is 17.3 Å². The van der Waals surface area contributed by atoms with Crippen LogP contribution in [0.25, 0.3) is 6.08 Å². The minimum atomic E-state index is -0.230. The molecule has 1 atom stereocenters. The molecule has 1 N–H and O–H groups in total. The van der Waals surface area contributed by atoms with Gasteiger partial charge in [0.25, 0.3) is 5.91 Å². The molecule has 0 radical (unpaired) electrons. The number of carbonyl (C=O) groups excluding carboxylic acids is 1. The van der Waals surface area contributed by atoms with Gasteiger partial charge in [0.1, 0.15) is 5.75 Å². The number of rotatable bonds is 4. The second kappa shape index (κ2) is 9.61. The number of amidine groups is 1. The van der Waals surface area contributed by atoms with E-state index in [0.717, 1.165) is 28.8 Å². The Bertz CT molecular complexity index is 1100. The van der Waals surface area contributed by atoms with Crippen LogP contribution >= 0.6 is 11.8 Å². The summed E-state index contributed by atoms with van der Waals surface area (Å²) in [5, 5.41) is 11.8. The molecule has 0 bridgehead atoms. The molecule has 0 spiro atoms. The first-order valence-electron chi connectivity index (χ1n) is 12.0. The number of aromatic hydroxyl groups is 1. The summed E-state index contributed by atoms with van der Waals surface area (Å²) >= 11 is 1.42. The van der Waals surface area contributed by atoms with Gasteiger partial charge in [-0.1, -0.05) is 66.2 Å². The van der Waals surface area contributed by atoms with Gasteiger partial charge in [0, 0.05) is 17.2 Å². The van der Waals surface area contributed by atoms with Crippen molar-refractivity contribution in [3.63, 3.8) is 0 Å². The van der Waals surface area contributed by atoms with Gasteiger partial charge < -0.3 is 5.11 Å². The minimum absolute atomic E-state index is 0.0205. The van der Waals surface area contributed by atoms with Crippen molar-refractivity contribution in [2.75, 3.05) is 0 Å². The van der Waals surface area contributed by atoms with E-state index in [0.29, 0.717) is 15.8 Å². The Morgan fingerprint density at radius 1 is 1.03 bits per heavy atom. The molecule has 3 rings (SSSR count). The first-order chi connectivity index (χ1) is 15.7. The summed E-state index contributed by atoms with van der Waals surface area (Å²) in [4.78, 5) is 20.8. The predicted molar refractivity (Wildman–Crippen MR) is 146 cm³/mol. The molecule has 182 valence electrons. The second-order valence-electron chi connectivity index (χ2n) is 11.2. The summed E-state index contributed by atoms with van der Waals surface area (Å²) in [6, 6.07) is 12.1. The van der Waals surface area contributed by atoms with Crippen LogP contribution < -0.4 is 0 Å². The zero-order valence-electron chi connectivity index (χ0n) is 22.0. The third-order valence-electron chi connectivity index (χ3n) is 6.17. The summed E-state index contributed by atoms with van der Waals surface area (Å²) in [5.41, 5.74) is 4.24. The maximum atomic E-state index is 13.5. The van der Waals surface area contributed by atoms with Crippen molar-refractivity contribution in [2.24, 2.45) is 4.99 Å². The van der Waals surface area contributed by atoms with Crippen LogP contribution in [-0.4, -0.2) is 27.1 Å². The molecule has 2 aromatic carbocycles. The van der Waals surface area contributed by atoms with Crippen molar-refractivity contribution in [1.29, 1.82) is 0 Å². The van der Waals surface area contributed by atoms with Crippen LogP contribution in [0.4, 0.5) is 5.69 Å². The summed E-state index contributed by atoms with van der Waals surface area (Å²) in [5.74, 6) is 0.323. The van der Waals surface area contributed by atoms with Crippen LogP contribution in [-0.2, 0) is 15.6 Å². The number of amides is 1. The number of phenolic OH excluding ortho intramolecular Hbond substituents is 1. The first kappa shape index (κ1) is 26.1. The lowest BCUT2D eigenvalue weighted by atomic mass is 9.78. The van der Waals surface area contributed by atoms with Crippen LogP contribution in [0.1, 0.15) is 84.1 Å². The molecule has 34 heavy (non-hydrogen) atoms. The number of hydrogen-bond acceptors (Lipinski definition) is 4. The smallest absolute Gasteiger partial charge is 0.266 e. The SMILES string of the molecule is CC[C@H](C)N1C(=O)/C(=C\c2cc(C(C)(C)C)c(O)c(C(C)(C)C)c2)SC1=Nc1ccc(C)cc1. The van der Waals surface area contributed by atoms with Gasteiger partial charge in [-0.05, 0) is 78.8 Å². The number of thioether (sulfide) groups is 1. The molecule has 1 saturated heterocycles. The maximum Gasteiger partial charge on any atom is 0.266 e. The Hall–Kier alpha value is -2.53. The largest absolute Gasteiger partial charge is 0.507 e. The molecular weight excluding hydrogens is 440 g/mol. The molecule has 5 heteroatoms. The standard InChI is InChI=1S/C29H38N2O2S/c1-10-19(3)31-26(33)24(34-27(31)30-21-13-11-18(2)12-14-21)17-20-15-22(28(4,5)6)25(32)23(16-20)29(7,8)9/h11-17,19,32H,10H2,1-9H3/b24-17+,30-27?/t19-/m0/s1. The number of carbonyl (C=O) groups is 1. The van der Waals surface area contributed by atoms with E-state index in [1.54, 1.807) is 0 Å². The molecule has 2 aromatic rings. The first-order valence-corrected chi connectivity index (χ1v) is 12.8. The van der Waals surface area contributed by atoms with Crippen LogP contribution in [0, 0.1) is 6.92 Å². The molecule has 1 fully saturated rings. The van der Waals surface area contributed by atoms with Gasteiger partial charge in [0.2, 0.25) is 0 Å². The highest BCUT2D eigenvalue weighted by Crippen LogP contribution is 2.42. The molecule has 1 heterocycles. The van der Waals surface area contributed by atoms with Gasteiger partial charge in [-0.2, -0.15) is 0 Å². The fourth-order valence-corrected chi connectivity index (χ4v) is 4.99. The predicted octanol–water partition coefficient (Wildman–Crippen LogP) is 7.70. The van der Waals surface area contributed by atoms with E-state index >= 15 is 0 Å². The van der Waals surface area contributed by atoms with Gasteiger partial charge in [0.15, 0.2) is 5.17 Å². The average Bonchev–Trinajstić information content (AvgIpc) is 3.03. The topological polar surface area (TPSA) is 52.9 Å². The lowest BCUT2D eigenvalue weighted by molar-refractivity contribution is -0.123. The molecule has 0 unspecified atom stereocenters. The van der Waals surface area contributed by atoms with E-state index in [-0.39, 0.29) is 22.8 Å². The maximum absolute atomic E-state index is 13.5. The number of aliphatic imine (C=N–C) groups is 1. The summed E-state index contributed by atoms with van der Waals surface area (Å²) in [7, 11) is 0. The Kier molecular flexibility index (Phi) is 7.37. The van der Waals surface area contributed by atoms with Gasteiger partial charge >= 0.3 is 0 Å². The Labute approximate surface area is 209 Å². The van der Waals surface area contributed by atoms with Crippen LogP contribution in [0.3, 0.4) is 0 Å². The summed E-state index contributed by atoms with van der Waals surface area (Å²) in [6.45, 7) is 18.8. The van der Waals surface area contributed by atoms with Crippen molar-refractivity contribution < 1.29 is 9.90 Å². The highest BCUT2D eigenvalue weighted by atomic mass is 32.2. The molecule has 4 nitrogen and oxygen atoms in total. The van der Waals surface area contributed by atoms with Crippen molar-refractivity contribution in [2.45, 2.75) is 85.6 Å². The van der Waals surface area contributed by atoms with Gasteiger partial charge in [-0.25, -0.2) is 4.99 Å². The number of benzene rings is 2. The highest BCUT2D eigenvalue weighted by Gasteiger charge is 2.36. The lowest BCUT2D eigenvalue weighted by Crippen LogP contribution is -2.36. The van der Waals surface area contributed by atoms with E-state index in [2.05, 4.69) is 55.4 Å². The van der Waals surface area contributed by atoms with E-state index < -0.39 is 0 Å². The van der Waals surface area contributed by atoms with Crippen LogP contribution in [0.2, 0.25) is 0 Å². The number of aryl methyl sites for hydroxylation is 1. The number of phenols is 1. The number of hydrogen-bond donors (Lipinski definition) is 1. The fraction of sp³-hybridized carbons (Fsp3) is 0.448. The zero-order chi connectivity index (χ0) is 25.4. The molecular formula is C29H38N2O2S. The third-order valence-corrected chi connectivity index (χ3v) is 7.16. The third kappa shape index (κ3) is 5.57. The van der Waals surface area contributed by atoms with Gasteiger partial charge in [0.05, 0.1) is 10.6 Å². The Balaban J connectivity index is 2.12. The van der Waals surface area contributed by atoms with E-state index in [9.17, 15) is 9.90 Å². The minimum Gasteiger partial charge on any atom is -0.507 e. The molecule has 0 aliphatic carbocycles. The number of nitrogens with zero attached hydrogens (tertiary/aromatic N) is 2. The Morgan fingerprint density at radius 3 is 2.03 bits per heavy atom. The van der Waals surface area contributed by atoms with Crippen molar-refractivity contribution >= 4 is 34.6 Å². The van der Waals surface area contributed by atoms with Crippen molar-refractivity contribution in [3.05, 3.63) is 63.6 Å². The monoisotopic (exact) mass is 478 g/mol. The van der Waals surface area contributed by atoms with Crippen LogP contribution in [0.15, 0.2) is 46.3 Å². The van der Waals surface area contributed by atoms with Gasteiger partial charge in [-0.3, -0.25) is 9.69 Å². The lowest BCUT2D eigenvalue weighted by Gasteiger charge is -2.28. The van der Waals surface area contributed by atoms with Gasteiger partial charge in [-0.15, -0.1) is 0 Å². The molecule has 1 aliphatic heterocycles. The second-order valence-corrected chi connectivity index (χ2v) is 12.2. The fourth-order valence-electron chi connectivity index (χ4n) is 3.90. The van der Waals surface area contributed by atoms with Crippen molar-refractivity contribution in [1.82, 2.24) is 4.90 Å². The molecule has 1 aliphatic rings. The van der Waals surface area contributed by atoms with E-state index in [4.69, 9.17) is 4.99 Å². The molecule has 0 saturated carbocycles.